The van der Waals surface area contributed by atoms with Gasteiger partial charge in [-0.3, -0.25) is 4.57 Å². The minimum atomic E-state index is -3.03. The van der Waals surface area contributed by atoms with Gasteiger partial charge >= 0.3 is 0 Å². The third-order valence-electron chi connectivity index (χ3n) is 4.10. The van der Waals surface area contributed by atoms with E-state index >= 15 is 0 Å². The van der Waals surface area contributed by atoms with E-state index in [0.717, 1.165) is 11.4 Å². The van der Waals surface area contributed by atoms with E-state index in [1.54, 1.807) is 0 Å². The summed E-state index contributed by atoms with van der Waals surface area (Å²) in [7, 11) is -3.03. The summed E-state index contributed by atoms with van der Waals surface area (Å²) in [6.45, 7) is 5.33. The van der Waals surface area contributed by atoms with Crippen molar-refractivity contribution in [2.45, 2.75) is 6.42 Å². The van der Waals surface area contributed by atoms with Crippen LogP contribution >= 0.6 is 7.44 Å². The maximum atomic E-state index is 14.0. The van der Waals surface area contributed by atoms with Crippen LogP contribution in [0.2, 0.25) is 0 Å². The monoisotopic (exact) mass is 328 g/mol. The molecule has 120 valence electrons. The Balaban J connectivity index is 2.05. The SMILES string of the molecule is C=C(CCO)P1(=O)N(c2ccccc2)CCN1c1ccccc1. The largest absolute Gasteiger partial charge is 0.396 e. The molecule has 4 nitrogen and oxygen atoms in total. The quantitative estimate of drug-likeness (QED) is 0.839. The molecule has 0 radical (unpaired) electrons. The molecule has 5 heteroatoms. The molecule has 23 heavy (non-hydrogen) atoms. The van der Waals surface area contributed by atoms with Crippen LogP contribution in [0.4, 0.5) is 11.4 Å². The van der Waals surface area contributed by atoms with Gasteiger partial charge in [-0.2, -0.15) is 0 Å². The van der Waals surface area contributed by atoms with Crippen molar-refractivity contribution < 1.29 is 9.67 Å². The van der Waals surface area contributed by atoms with Gasteiger partial charge < -0.3 is 14.4 Å². The van der Waals surface area contributed by atoms with Gasteiger partial charge in [0.25, 0.3) is 7.44 Å². The van der Waals surface area contributed by atoms with Crippen LogP contribution in [-0.2, 0) is 4.57 Å². The predicted molar refractivity (Wildman–Crippen MR) is 96.0 cm³/mol. The first-order chi connectivity index (χ1) is 11.2. The number of para-hydroxylation sites is 2. The molecule has 1 aliphatic rings. The zero-order valence-corrected chi connectivity index (χ0v) is 13.9. The van der Waals surface area contributed by atoms with Crippen molar-refractivity contribution in [2.75, 3.05) is 29.0 Å². The number of aliphatic hydroxyl groups excluding tert-OH is 1. The van der Waals surface area contributed by atoms with E-state index in [4.69, 9.17) is 0 Å². The standard InChI is InChI=1S/C18H21N2O2P/c1-16(12-15-21)23(22)19(17-8-4-2-5-9-17)13-14-20(23)18-10-6-3-7-11-18/h2-11,21H,1,12-15H2. The Labute approximate surface area is 137 Å². The summed E-state index contributed by atoms with van der Waals surface area (Å²) in [6, 6.07) is 19.5. The highest BCUT2D eigenvalue weighted by Gasteiger charge is 2.45. The van der Waals surface area contributed by atoms with E-state index in [0.29, 0.717) is 24.8 Å². The van der Waals surface area contributed by atoms with Gasteiger partial charge in [0.1, 0.15) is 0 Å². The molecule has 0 atom stereocenters. The minimum Gasteiger partial charge on any atom is -0.396 e. The van der Waals surface area contributed by atoms with Gasteiger partial charge in [0.2, 0.25) is 0 Å². The van der Waals surface area contributed by atoms with E-state index < -0.39 is 7.44 Å². The predicted octanol–water partition coefficient (Wildman–Crippen LogP) is 4.10. The molecule has 0 unspecified atom stereocenters. The summed E-state index contributed by atoms with van der Waals surface area (Å²) in [4.78, 5) is 0. The highest BCUT2D eigenvalue weighted by atomic mass is 31.2. The Morgan fingerprint density at radius 2 is 1.39 bits per heavy atom. The number of hydrogen-bond acceptors (Lipinski definition) is 2. The van der Waals surface area contributed by atoms with Gasteiger partial charge in [-0.25, -0.2) is 0 Å². The summed E-state index contributed by atoms with van der Waals surface area (Å²) in [5.74, 6) is 0. The number of aliphatic hydroxyl groups is 1. The fourth-order valence-electron chi connectivity index (χ4n) is 2.98. The fraction of sp³-hybridized carbons (Fsp3) is 0.222. The van der Waals surface area contributed by atoms with Gasteiger partial charge in [0, 0.05) is 42.8 Å². The second-order valence-corrected chi connectivity index (χ2v) is 8.19. The zero-order chi connectivity index (χ0) is 16.3. The van der Waals surface area contributed by atoms with E-state index in [2.05, 4.69) is 6.58 Å². The molecule has 0 amide bonds. The third kappa shape index (κ3) is 2.80. The summed E-state index contributed by atoms with van der Waals surface area (Å²) in [5.41, 5.74) is 1.85. The molecule has 2 aromatic rings. The van der Waals surface area contributed by atoms with Crippen molar-refractivity contribution >= 4 is 18.8 Å². The Bertz CT molecular complexity index is 667. The third-order valence-corrected chi connectivity index (χ3v) is 7.32. The second-order valence-electron chi connectivity index (χ2n) is 5.50. The van der Waals surface area contributed by atoms with Gasteiger partial charge in [-0.05, 0) is 24.3 Å². The number of rotatable bonds is 5. The van der Waals surface area contributed by atoms with Crippen molar-refractivity contribution in [1.82, 2.24) is 0 Å². The van der Waals surface area contributed by atoms with Crippen LogP contribution in [-0.4, -0.2) is 24.8 Å². The molecule has 0 bridgehead atoms. The molecule has 1 aliphatic heterocycles. The average Bonchev–Trinajstić information content (AvgIpc) is 2.95. The molecule has 2 aromatic carbocycles. The first-order valence-electron chi connectivity index (χ1n) is 7.73. The van der Waals surface area contributed by atoms with Crippen molar-refractivity contribution in [3.63, 3.8) is 0 Å². The molecule has 0 aromatic heterocycles. The van der Waals surface area contributed by atoms with Crippen molar-refractivity contribution in [2.24, 2.45) is 0 Å². The lowest BCUT2D eigenvalue weighted by molar-refractivity contribution is 0.301. The van der Waals surface area contributed by atoms with Crippen LogP contribution in [0, 0.1) is 0 Å². The lowest BCUT2D eigenvalue weighted by Crippen LogP contribution is -2.20. The molecule has 0 spiro atoms. The first kappa shape index (κ1) is 15.9. The van der Waals surface area contributed by atoms with Crippen LogP contribution in [0.15, 0.2) is 72.6 Å². The van der Waals surface area contributed by atoms with Crippen molar-refractivity contribution in [1.29, 1.82) is 0 Å². The molecule has 3 rings (SSSR count). The summed E-state index contributed by atoms with van der Waals surface area (Å²) >= 11 is 0. The smallest absolute Gasteiger partial charge is 0.288 e. The van der Waals surface area contributed by atoms with E-state index in [-0.39, 0.29) is 6.61 Å². The second kappa shape index (κ2) is 6.61. The van der Waals surface area contributed by atoms with Crippen LogP contribution in [0.3, 0.4) is 0 Å². The van der Waals surface area contributed by atoms with Crippen LogP contribution in [0.1, 0.15) is 6.42 Å². The summed E-state index contributed by atoms with van der Waals surface area (Å²) in [6.07, 6.45) is 0.337. The van der Waals surface area contributed by atoms with E-state index in [1.807, 2.05) is 70.0 Å². The van der Waals surface area contributed by atoms with Crippen LogP contribution < -0.4 is 9.34 Å². The summed E-state index contributed by atoms with van der Waals surface area (Å²) in [5, 5.41) is 9.89. The molecule has 0 aliphatic carbocycles. The van der Waals surface area contributed by atoms with Crippen molar-refractivity contribution in [3.05, 3.63) is 72.6 Å². The highest BCUT2D eigenvalue weighted by Crippen LogP contribution is 2.65. The lowest BCUT2D eigenvalue weighted by Gasteiger charge is -2.33. The molecule has 1 N–H and O–H groups in total. The lowest BCUT2D eigenvalue weighted by atomic mass is 10.3. The molecule has 1 heterocycles. The molecule has 0 saturated carbocycles. The molecular weight excluding hydrogens is 307 g/mol. The Kier molecular flexibility index (Phi) is 4.56. The molecule has 1 fully saturated rings. The topological polar surface area (TPSA) is 43.8 Å². The normalized spacial score (nSPS) is 16.6. The number of nitrogens with zero attached hydrogens (tertiary/aromatic N) is 2. The number of hydrogen-bond donors (Lipinski definition) is 1. The van der Waals surface area contributed by atoms with E-state index in [1.165, 1.54) is 0 Å². The highest BCUT2D eigenvalue weighted by molar-refractivity contribution is 7.71. The van der Waals surface area contributed by atoms with Gasteiger partial charge in [0.15, 0.2) is 0 Å². The number of anilines is 2. The van der Waals surface area contributed by atoms with Crippen LogP contribution in [0.5, 0.6) is 0 Å². The Morgan fingerprint density at radius 3 is 1.78 bits per heavy atom. The summed E-state index contributed by atoms with van der Waals surface area (Å²) < 4.78 is 17.9. The molecular formula is C18H21N2O2P. The Morgan fingerprint density at radius 1 is 0.957 bits per heavy atom. The zero-order valence-electron chi connectivity index (χ0n) is 13.0. The maximum Gasteiger partial charge on any atom is 0.288 e. The molecule has 1 saturated heterocycles. The average molecular weight is 328 g/mol. The van der Waals surface area contributed by atoms with Gasteiger partial charge in [0.05, 0.1) is 0 Å². The Hall–Kier alpha value is -2.03. The minimum absolute atomic E-state index is 0.0475. The van der Waals surface area contributed by atoms with Gasteiger partial charge in [-0.1, -0.05) is 43.0 Å². The van der Waals surface area contributed by atoms with E-state index in [9.17, 15) is 9.67 Å². The fourth-order valence-corrected chi connectivity index (χ4v) is 5.93. The van der Waals surface area contributed by atoms with Gasteiger partial charge in [-0.15, -0.1) is 0 Å². The maximum absolute atomic E-state index is 14.0. The van der Waals surface area contributed by atoms with Crippen LogP contribution in [0.25, 0.3) is 0 Å². The van der Waals surface area contributed by atoms with Crippen molar-refractivity contribution in [3.8, 4) is 0 Å². The number of benzene rings is 2. The first-order valence-corrected chi connectivity index (χ1v) is 9.34.